The van der Waals surface area contributed by atoms with Crippen molar-refractivity contribution in [1.82, 2.24) is 41.4 Å². The first-order valence-corrected chi connectivity index (χ1v) is 25.4. The number of pyridine rings is 1. The molecule has 5 amide bonds. The third-order valence-corrected chi connectivity index (χ3v) is 13.6. The minimum absolute atomic E-state index is 0.0306. The number of carbonyl (C=O) groups is 5. The molecule has 0 aliphatic carbocycles. The van der Waals surface area contributed by atoms with E-state index in [9.17, 15) is 28.8 Å². The fraction of sp³-hybridized carbons (Fsp3) is 0.491. The average Bonchev–Trinajstić information content (AvgIpc) is 3.36. The molecular formula is C55H75N9O7. The first-order chi connectivity index (χ1) is 34.4. The van der Waals surface area contributed by atoms with Gasteiger partial charge in [0.15, 0.2) is 0 Å². The number of aromatic nitrogens is 1. The summed E-state index contributed by atoms with van der Waals surface area (Å²) in [5.74, 6) is -0.744. The summed E-state index contributed by atoms with van der Waals surface area (Å²) in [4.78, 5) is 85.1. The predicted molar refractivity (Wildman–Crippen MR) is 278 cm³/mol. The Morgan fingerprint density at radius 3 is 2.11 bits per heavy atom. The maximum absolute atomic E-state index is 14.0. The van der Waals surface area contributed by atoms with Crippen LogP contribution in [0, 0.1) is 20.8 Å². The number of piperazine rings is 1. The number of rotatable bonds is 26. The third kappa shape index (κ3) is 16.9. The van der Waals surface area contributed by atoms with E-state index in [1.807, 2.05) is 63.2 Å². The van der Waals surface area contributed by atoms with Gasteiger partial charge in [-0.1, -0.05) is 67.4 Å². The van der Waals surface area contributed by atoms with Gasteiger partial charge in [-0.3, -0.25) is 38.6 Å². The van der Waals surface area contributed by atoms with Crippen molar-refractivity contribution in [2.24, 2.45) is 0 Å². The number of benzene rings is 3. The van der Waals surface area contributed by atoms with Gasteiger partial charge in [-0.05, 0) is 111 Å². The zero-order chi connectivity index (χ0) is 50.5. The lowest BCUT2D eigenvalue weighted by atomic mass is 9.94. The van der Waals surface area contributed by atoms with Gasteiger partial charge in [0.2, 0.25) is 24.1 Å². The van der Waals surface area contributed by atoms with Crippen LogP contribution in [-0.4, -0.2) is 129 Å². The van der Waals surface area contributed by atoms with Gasteiger partial charge < -0.3 is 41.2 Å². The molecule has 0 spiro atoms. The zero-order valence-corrected chi connectivity index (χ0v) is 42.2. The predicted octanol–water partition coefficient (Wildman–Crippen LogP) is 4.68. The van der Waals surface area contributed by atoms with Crippen molar-refractivity contribution >= 4 is 35.7 Å². The van der Waals surface area contributed by atoms with E-state index in [1.54, 1.807) is 0 Å². The van der Waals surface area contributed by atoms with Crippen molar-refractivity contribution in [1.29, 1.82) is 0 Å². The summed E-state index contributed by atoms with van der Waals surface area (Å²) in [5, 5.41) is 14.3. The molecule has 16 nitrogen and oxygen atoms in total. The molecule has 3 aromatic carbocycles. The highest BCUT2D eigenvalue weighted by Crippen LogP contribution is 2.34. The second-order valence-corrected chi connectivity index (χ2v) is 18.9. The Kier molecular flexibility index (Phi) is 21.2. The van der Waals surface area contributed by atoms with Crippen molar-refractivity contribution in [3.05, 3.63) is 122 Å². The van der Waals surface area contributed by atoms with Crippen LogP contribution in [0.5, 0.6) is 0 Å². The number of aryl methyl sites for hydroxylation is 2. The van der Waals surface area contributed by atoms with Gasteiger partial charge in [0.1, 0.15) is 0 Å². The minimum atomic E-state index is -0.360. The topological polar surface area (TPSA) is 197 Å². The number of hydrogen-bond donors (Lipinski definition) is 6. The Morgan fingerprint density at radius 2 is 1.45 bits per heavy atom. The molecule has 16 heteroatoms. The molecule has 6 N–H and O–H groups in total. The van der Waals surface area contributed by atoms with Crippen LogP contribution in [0.2, 0.25) is 0 Å². The molecule has 2 aliphatic heterocycles. The minimum Gasteiger partial charge on any atom is -0.381 e. The molecule has 71 heavy (non-hydrogen) atoms. The molecule has 0 bridgehead atoms. The number of carbonyl (C=O) groups excluding carboxylic acids is 5. The summed E-state index contributed by atoms with van der Waals surface area (Å²) in [6.07, 6.45) is 6.53. The Balaban J connectivity index is 0.891. The average molecular weight is 974 g/mol. The van der Waals surface area contributed by atoms with Crippen LogP contribution in [-0.2, 0) is 43.4 Å². The van der Waals surface area contributed by atoms with E-state index in [4.69, 9.17) is 4.74 Å². The number of unbranched alkanes of at least 4 members (excludes halogenated alkanes) is 3. The van der Waals surface area contributed by atoms with Crippen molar-refractivity contribution < 1.29 is 28.7 Å². The summed E-state index contributed by atoms with van der Waals surface area (Å²) in [7, 11) is 0. The second kappa shape index (κ2) is 27.9. The molecule has 3 heterocycles. The largest absolute Gasteiger partial charge is 0.381 e. The molecular weight excluding hydrogens is 899 g/mol. The second-order valence-electron chi connectivity index (χ2n) is 18.9. The monoisotopic (exact) mass is 974 g/mol. The fourth-order valence-electron chi connectivity index (χ4n) is 9.59. The molecule has 2 saturated heterocycles. The van der Waals surface area contributed by atoms with Gasteiger partial charge in [-0.25, -0.2) is 0 Å². The van der Waals surface area contributed by atoms with Crippen LogP contribution >= 0.6 is 0 Å². The van der Waals surface area contributed by atoms with E-state index in [0.717, 1.165) is 117 Å². The van der Waals surface area contributed by atoms with E-state index in [-0.39, 0.29) is 54.7 Å². The van der Waals surface area contributed by atoms with Crippen molar-refractivity contribution in [2.45, 2.75) is 104 Å². The van der Waals surface area contributed by atoms with Gasteiger partial charge in [0.25, 0.3) is 11.5 Å². The van der Waals surface area contributed by atoms with Crippen LogP contribution in [0.15, 0.2) is 77.6 Å². The maximum atomic E-state index is 14.0. The fourth-order valence-corrected chi connectivity index (χ4v) is 9.59. The smallest absolute Gasteiger partial charge is 0.253 e. The van der Waals surface area contributed by atoms with Gasteiger partial charge in [0, 0.05) is 113 Å². The van der Waals surface area contributed by atoms with Gasteiger partial charge in [-0.2, -0.15) is 0 Å². The molecule has 382 valence electrons. The summed E-state index contributed by atoms with van der Waals surface area (Å²) >= 11 is 0. The van der Waals surface area contributed by atoms with Gasteiger partial charge in [0.05, 0.1) is 13.1 Å². The standard InChI is InChI=1S/C55H75N9O7/c1-5-64(47-19-27-71-28-20-47)50-32-45(31-48(41(50)4)54(69)59-34-49-39(2)29-40(3)61-55(49)70)44-17-15-43(16-18-44)36-62-23-25-63(26-24-62)37-53(68)57-22-12-7-6-11-21-56-52(67)35-58-51(66)33-46(60-38-65)30-42-13-9-8-10-14-42/h8-10,13-18,29,31-32,38,46-47H,5-7,11-12,19-28,30,33-37H2,1-4H3,(H,56,67)(H,57,68)(H,58,66)(H,59,69)(H,60,65)(H,61,70). The van der Waals surface area contributed by atoms with Gasteiger partial charge >= 0.3 is 0 Å². The first-order valence-electron chi connectivity index (χ1n) is 25.4. The third-order valence-electron chi connectivity index (χ3n) is 13.6. The highest BCUT2D eigenvalue weighted by atomic mass is 16.5. The lowest BCUT2D eigenvalue weighted by molar-refractivity contribution is -0.126. The van der Waals surface area contributed by atoms with Crippen LogP contribution in [0.25, 0.3) is 11.1 Å². The summed E-state index contributed by atoms with van der Waals surface area (Å²) < 4.78 is 5.70. The Bertz CT molecular complexity index is 2430. The van der Waals surface area contributed by atoms with E-state index in [0.29, 0.717) is 62.8 Å². The molecule has 0 saturated carbocycles. The lowest BCUT2D eigenvalue weighted by Crippen LogP contribution is -2.49. The number of anilines is 1. The summed E-state index contributed by atoms with van der Waals surface area (Å²) in [6, 6.07) is 24.3. The van der Waals surface area contributed by atoms with Crippen LogP contribution in [0.1, 0.15) is 95.7 Å². The molecule has 2 fully saturated rings. The Morgan fingerprint density at radius 1 is 0.775 bits per heavy atom. The van der Waals surface area contributed by atoms with Crippen LogP contribution in [0.3, 0.4) is 0 Å². The molecule has 1 aromatic heterocycles. The first kappa shape index (κ1) is 54.0. The van der Waals surface area contributed by atoms with E-state index >= 15 is 0 Å². The Labute approximate surface area is 419 Å². The molecule has 0 radical (unpaired) electrons. The normalized spacial score (nSPS) is 14.8. The quantitative estimate of drug-likeness (QED) is 0.0380. The molecule has 1 unspecified atom stereocenters. The number of amides is 5. The van der Waals surface area contributed by atoms with E-state index in [1.165, 1.54) is 5.56 Å². The summed E-state index contributed by atoms with van der Waals surface area (Å²) in [6.45, 7) is 15.8. The number of nitrogens with one attached hydrogen (secondary N) is 6. The molecule has 4 aromatic rings. The van der Waals surface area contributed by atoms with Crippen molar-refractivity contribution in [2.75, 3.05) is 77.0 Å². The number of H-pyrrole nitrogens is 1. The van der Waals surface area contributed by atoms with E-state index < -0.39 is 0 Å². The van der Waals surface area contributed by atoms with Gasteiger partial charge in [-0.15, -0.1) is 0 Å². The molecule has 2 aliphatic rings. The number of nitrogens with zero attached hydrogens (tertiary/aromatic N) is 3. The lowest BCUT2D eigenvalue weighted by Gasteiger charge is -2.37. The maximum Gasteiger partial charge on any atom is 0.253 e. The Hall–Kier alpha value is -6.36. The van der Waals surface area contributed by atoms with Crippen molar-refractivity contribution in [3.8, 4) is 11.1 Å². The molecule has 6 rings (SSSR count). The summed E-state index contributed by atoms with van der Waals surface area (Å²) in [5.41, 5.74) is 8.72. The number of ether oxygens (including phenoxy) is 1. The van der Waals surface area contributed by atoms with Crippen LogP contribution < -0.4 is 37.0 Å². The highest BCUT2D eigenvalue weighted by Gasteiger charge is 2.26. The SMILES string of the molecule is CCN(c1cc(-c2ccc(CN3CCN(CC(=O)NCCCCCCNC(=O)CNC(=O)CC(Cc4ccccc4)NC=O)CC3)cc2)cc(C(=O)NCc2c(C)cc(C)[nH]c2=O)c1C)C1CCOCC1. The van der Waals surface area contributed by atoms with E-state index in [2.05, 4.69) is 83.5 Å². The zero-order valence-electron chi connectivity index (χ0n) is 42.2. The number of aromatic amines is 1. The van der Waals surface area contributed by atoms with Crippen molar-refractivity contribution in [3.63, 3.8) is 0 Å². The molecule has 1 atom stereocenters. The number of hydrogen-bond acceptors (Lipinski definition) is 10. The highest BCUT2D eigenvalue weighted by molar-refractivity contribution is 5.99. The van der Waals surface area contributed by atoms with Crippen LogP contribution in [0.4, 0.5) is 5.69 Å².